The van der Waals surface area contributed by atoms with E-state index < -0.39 is 28.5 Å². The molecule has 0 aliphatic carbocycles. The summed E-state index contributed by atoms with van der Waals surface area (Å²) < 4.78 is 40.3. The summed E-state index contributed by atoms with van der Waals surface area (Å²) in [5.41, 5.74) is 0.989. The number of fused-ring (bicyclic) bond motifs is 1. The predicted molar refractivity (Wildman–Crippen MR) is 158 cm³/mol. The van der Waals surface area contributed by atoms with Crippen molar-refractivity contribution in [2.24, 2.45) is 0 Å². The summed E-state index contributed by atoms with van der Waals surface area (Å²) in [5.74, 6) is 0.0468. The first-order valence-electron chi connectivity index (χ1n) is 13.5. The molecule has 1 aliphatic heterocycles. The minimum atomic E-state index is -4.18. The smallest absolute Gasteiger partial charge is 0.264 e. The lowest BCUT2D eigenvalue weighted by atomic mass is 10.1. The molecule has 3 aromatic rings. The standard InChI is InChI=1S/C30H34ClN3O6S/c1-3-16-32-30(36)26(4-2)33(20-22-10-12-23(31)13-11-22)29(35)21-34(41(37,38)25-8-6-5-7-9-25)24-14-15-27-28(19-24)40-18-17-39-27/h5-15,19,26H,3-4,16-18,20-21H2,1-2H3,(H,32,36)/t26-/m0/s1. The van der Waals surface area contributed by atoms with Gasteiger partial charge < -0.3 is 19.7 Å². The second kappa shape index (κ2) is 13.7. The lowest BCUT2D eigenvalue weighted by Gasteiger charge is -2.33. The first-order valence-corrected chi connectivity index (χ1v) is 15.4. The average Bonchev–Trinajstić information content (AvgIpc) is 2.99. The maximum Gasteiger partial charge on any atom is 0.264 e. The molecule has 0 aromatic heterocycles. The van der Waals surface area contributed by atoms with Crippen molar-refractivity contribution in [3.8, 4) is 11.5 Å². The highest BCUT2D eigenvalue weighted by atomic mass is 35.5. The topological polar surface area (TPSA) is 105 Å². The number of sulfonamides is 1. The van der Waals surface area contributed by atoms with Crippen LogP contribution in [0.3, 0.4) is 0 Å². The summed E-state index contributed by atoms with van der Waals surface area (Å²) in [6.07, 6.45) is 1.07. The Kier molecular flexibility index (Phi) is 10.1. The normalized spacial score (nSPS) is 13.2. The van der Waals surface area contributed by atoms with Crippen LogP contribution in [-0.2, 0) is 26.2 Å². The quantitative estimate of drug-likeness (QED) is 0.325. The van der Waals surface area contributed by atoms with E-state index in [1.54, 1.807) is 60.7 Å². The molecule has 1 heterocycles. The van der Waals surface area contributed by atoms with Crippen molar-refractivity contribution in [1.29, 1.82) is 0 Å². The van der Waals surface area contributed by atoms with E-state index in [4.69, 9.17) is 21.1 Å². The number of nitrogens with zero attached hydrogens (tertiary/aromatic N) is 2. The van der Waals surface area contributed by atoms with E-state index in [0.29, 0.717) is 42.7 Å². The minimum Gasteiger partial charge on any atom is -0.486 e. The Morgan fingerprint density at radius 3 is 2.29 bits per heavy atom. The van der Waals surface area contributed by atoms with Gasteiger partial charge in [0.2, 0.25) is 11.8 Å². The van der Waals surface area contributed by atoms with E-state index in [1.807, 2.05) is 13.8 Å². The van der Waals surface area contributed by atoms with Crippen LogP contribution < -0.4 is 19.1 Å². The van der Waals surface area contributed by atoms with Crippen molar-refractivity contribution in [1.82, 2.24) is 10.2 Å². The molecule has 2 amide bonds. The van der Waals surface area contributed by atoms with Crippen LogP contribution in [0.2, 0.25) is 5.02 Å². The molecule has 3 aromatic carbocycles. The van der Waals surface area contributed by atoms with Crippen LogP contribution in [0.25, 0.3) is 0 Å². The van der Waals surface area contributed by atoms with E-state index >= 15 is 0 Å². The molecular formula is C30H34ClN3O6S. The molecule has 0 bridgehead atoms. The molecule has 0 fully saturated rings. The van der Waals surface area contributed by atoms with Crippen LogP contribution in [0.5, 0.6) is 11.5 Å². The van der Waals surface area contributed by atoms with Crippen LogP contribution in [0.1, 0.15) is 32.3 Å². The number of ether oxygens (including phenoxy) is 2. The molecule has 1 aliphatic rings. The lowest BCUT2D eigenvalue weighted by molar-refractivity contribution is -0.140. The van der Waals surface area contributed by atoms with Crippen molar-refractivity contribution in [3.63, 3.8) is 0 Å². The fraction of sp³-hybridized carbons (Fsp3) is 0.333. The Labute approximate surface area is 246 Å². The number of hydrogen-bond acceptors (Lipinski definition) is 6. The molecule has 41 heavy (non-hydrogen) atoms. The van der Waals surface area contributed by atoms with E-state index in [2.05, 4.69) is 5.32 Å². The van der Waals surface area contributed by atoms with Gasteiger partial charge in [0.1, 0.15) is 25.8 Å². The summed E-state index contributed by atoms with van der Waals surface area (Å²) in [6.45, 7) is 4.48. The number of benzene rings is 3. The number of carbonyl (C=O) groups is 2. The monoisotopic (exact) mass is 599 g/mol. The van der Waals surface area contributed by atoms with Gasteiger partial charge in [-0.15, -0.1) is 0 Å². The maximum absolute atomic E-state index is 14.1. The third kappa shape index (κ3) is 7.31. The van der Waals surface area contributed by atoms with E-state index in [9.17, 15) is 18.0 Å². The molecule has 0 saturated carbocycles. The molecule has 11 heteroatoms. The second-order valence-electron chi connectivity index (χ2n) is 9.52. The van der Waals surface area contributed by atoms with Gasteiger partial charge in [-0.3, -0.25) is 13.9 Å². The van der Waals surface area contributed by atoms with E-state index in [1.165, 1.54) is 17.0 Å². The molecular weight excluding hydrogens is 566 g/mol. The molecule has 1 N–H and O–H groups in total. The Morgan fingerprint density at radius 1 is 0.951 bits per heavy atom. The van der Waals surface area contributed by atoms with Gasteiger partial charge in [0, 0.05) is 24.2 Å². The second-order valence-corrected chi connectivity index (χ2v) is 11.8. The summed E-state index contributed by atoms with van der Waals surface area (Å²) >= 11 is 6.07. The molecule has 1 atom stereocenters. The summed E-state index contributed by atoms with van der Waals surface area (Å²) in [5, 5.41) is 3.41. The van der Waals surface area contributed by atoms with Gasteiger partial charge in [0.05, 0.1) is 10.6 Å². The van der Waals surface area contributed by atoms with E-state index in [0.717, 1.165) is 16.3 Å². The number of rotatable bonds is 12. The van der Waals surface area contributed by atoms with Crippen LogP contribution in [0.15, 0.2) is 77.7 Å². The molecule has 0 spiro atoms. The number of hydrogen-bond donors (Lipinski definition) is 1. The van der Waals surface area contributed by atoms with Crippen LogP contribution in [-0.4, -0.2) is 57.5 Å². The molecule has 0 radical (unpaired) electrons. The van der Waals surface area contributed by atoms with Crippen molar-refractivity contribution < 1.29 is 27.5 Å². The molecule has 0 unspecified atom stereocenters. The fourth-order valence-corrected chi connectivity index (χ4v) is 6.06. The van der Waals surface area contributed by atoms with Crippen LogP contribution in [0, 0.1) is 0 Å². The van der Waals surface area contributed by atoms with Crippen molar-refractivity contribution in [3.05, 3.63) is 83.4 Å². The summed E-state index contributed by atoms with van der Waals surface area (Å²) in [6, 6.07) is 18.8. The van der Waals surface area contributed by atoms with Gasteiger partial charge in [-0.2, -0.15) is 0 Å². The summed E-state index contributed by atoms with van der Waals surface area (Å²) in [4.78, 5) is 28.7. The fourth-order valence-electron chi connectivity index (χ4n) is 4.51. The highest BCUT2D eigenvalue weighted by molar-refractivity contribution is 7.92. The third-order valence-electron chi connectivity index (χ3n) is 6.63. The molecule has 9 nitrogen and oxygen atoms in total. The highest BCUT2D eigenvalue weighted by Crippen LogP contribution is 2.36. The zero-order valence-electron chi connectivity index (χ0n) is 23.1. The van der Waals surface area contributed by atoms with Gasteiger partial charge in [-0.05, 0) is 54.8 Å². The van der Waals surface area contributed by atoms with Crippen LogP contribution in [0.4, 0.5) is 5.69 Å². The number of carbonyl (C=O) groups excluding carboxylic acids is 2. The SMILES string of the molecule is CCCNC(=O)[C@H](CC)N(Cc1ccc(Cl)cc1)C(=O)CN(c1ccc2c(c1)OCCO2)S(=O)(=O)c1ccccc1. The van der Waals surface area contributed by atoms with Gasteiger partial charge in [0.25, 0.3) is 10.0 Å². The maximum atomic E-state index is 14.1. The predicted octanol–water partition coefficient (Wildman–Crippen LogP) is 4.64. The number of halogens is 1. The van der Waals surface area contributed by atoms with Gasteiger partial charge in [-0.25, -0.2) is 8.42 Å². The molecule has 4 rings (SSSR count). The van der Waals surface area contributed by atoms with Crippen LogP contribution >= 0.6 is 11.6 Å². The zero-order valence-corrected chi connectivity index (χ0v) is 24.7. The molecule has 218 valence electrons. The Hall–Kier alpha value is -3.76. The lowest BCUT2D eigenvalue weighted by Crippen LogP contribution is -2.52. The largest absolute Gasteiger partial charge is 0.486 e. The average molecular weight is 600 g/mol. The summed E-state index contributed by atoms with van der Waals surface area (Å²) in [7, 11) is -4.18. The van der Waals surface area contributed by atoms with E-state index in [-0.39, 0.29) is 23.0 Å². The minimum absolute atomic E-state index is 0.0275. The Morgan fingerprint density at radius 2 is 1.63 bits per heavy atom. The number of anilines is 1. The van der Waals surface area contributed by atoms with Crippen molar-refractivity contribution in [2.75, 3.05) is 30.6 Å². The highest BCUT2D eigenvalue weighted by Gasteiger charge is 2.34. The molecule has 0 saturated heterocycles. The van der Waals surface area contributed by atoms with Gasteiger partial charge in [0.15, 0.2) is 11.5 Å². The third-order valence-corrected chi connectivity index (χ3v) is 8.67. The number of nitrogens with one attached hydrogen (secondary N) is 1. The Bertz CT molecular complexity index is 1450. The first-order chi connectivity index (χ1) is 19.7. The zero-order chi connectivity index (χ0) is 29.4. The van der Waals surface area contributed by atoms with Gasteiger partial charge in [-0.1, -0.05) is 55.8 Å². The van der Waals surface area contributed by atoms with Gasteiger partial charge >= 0.3 is 0 Å². The van der Waals surface area contributed by atoms with Crippen molar-refractivity contribution >= 4 is 39.1 Å². The van der Waals surface area contributed by atoms with Crippen molar-refractivity contribution in [2.45, 2.75) is 44.2 Å². The Balaban J connectivity index is 1.74. The first kappa shape index (κ1) is 30.2. The number of amides is 2.